The number of nitro benzene ring substituents is 1. The molecule has 0 fully saturated rings. The van der Waals surface area contributed by atoms with Gasteiger partial charge < -0.3 is 10.2 Å². The smallest absolute Gasteiger partial charge is 0.273 e. The van der Waals surface area contributed by atoms with Crippen molar-refractivity contribution in [2.45, 2.75) is 0 Å². The number of hydrogen-bond acceptors (Lipinski definition) is 5. The predicted octanol–water partition coefficient (Wildman–Crippen LogP) is 3.91. The number of non-ortho nitro benzene ring substituents is 1. The van der Waals surface area contributed by atoms with Crippen molar-refractivity contribution in [3.05, 3.63) is 70.3 Å². The molecule has 0 saturated heterocycles. The molecular formula is C17H12N2O4. The monoisotopic (exact) mass is 308 g/mol. The number of fused-ring (bicyclic) bond motifs is 1. The minimum Gasteiger partial charge on any atom is -0.507 e. The van der Waals surface area contributed by atoms with Crippen molar-refractivity contribution >= 4 is 28.4 Å². The highest BCUT2D eigenvalue weighted by atomic mass is 16.6. The standard InChI is InChI=1S/C17H12N2O4/c20-16-8-5-11-3-1-2-4-13(11)14(16)10-18-15-7-6-12(19(22)23)9-17(15)21/h1-10,20-21H. The Labute approximate surface area is 131 Å². The van der Waals surface area contributed by atoms with Gasteiger partial charge in [-0.25, -0.2) is 0 Å². The molecule has 0 aliphatic carbocycles. The molecule has 0 aliphatic rings. The molecule has 6 heteroatoms. The highest BCUT2D eigenvalue weighted by molar-refractivity contribution is 6.03. The first-order valence-electron chi connectivity index (χ1n) is 6.78. The van der Waals surface area contributed by atoms with E-state index in [-0.39, 0.29) is 22.9 Å². The fraction of sp³-hybridized carbons (Fsp3) is 0. The third-order valence-electron chi connectivity index (χ3n) is 3.45. The molecule has 0 atom stereocenters. The van der Waals surface area contributed by atoms with Crippen molar-refractivity contribution in [2.24, 2.45) is 4.99 Å². The van der Waals surface area contributed by atoms with E-state index >= 15 is 0 Å². The SMILES string of the molecule is O=[N+]([O-])c1ccc(N=Cc2c(O)ccc3ccccc23)c(O)c1. The Balaban J connectivity index is 2.04. The second kappa shape index (κ2) is 5.76. The molecule has 0 spiro atoms. The normalized spacial score (nSPS) is 11.1. The number of hydrogen-bond donors (Lipinski definition) is 2. The average molecular weight is 308 g/mol. The molecule has 6 nitrogen and oxygen atoms in total. The van der Waals surface area contributed by atoms with Crippen LogP contribution in [0.15, 0.2) is 59.6 Å². The van der Waals surface area contributed by atoms with Gasteiger partial charge in [0, 0.05) is 17.8 Å². The fourth-order valence-corrected chi connectivity index (χ4v) is 2.29. The van der Waals surface area contributed by atoms with E-state index in [0.717, 1.165) is 16.8 Å². The van der Waals surface area contributed by atoms with Crippen LogP contribution in [-0.4, -0.2) is 21.4 Å². The molecule has 0 unspecified atom stereocenters. The second-order valence-electron chi connectivity index (χ2n) is 4.91. The van der Waals surface area contributed by atoms with E-state index in [1.165, 1.54) is 18.3 Å². The summed E-state index contributed by atoms with van der Waals surface area (Å²) in [6, 6.07) is 14.5. The molecule has 0 aliphatic heterocycles. The number of phenolic OH excluding ortho intramolecular Hbond substituents is 2. The lowest BCUT2D eigenvalue weighted by Gasteiger charge is -2.05. The lowest BCUT2D eigenvalue weighted by Crippen LogP contribution is -1.88. The van der Waals surface area contributed by atoms with Crippen LogP contribution in [0.4, 0.5) is 11.4 Å². The minimum atomic E-state index is -0.594. The number of rotatable bonds is 3. The molecular weight excluding hydrogens is 296 g/mol. The van der Waals surface area contributed by atoms with Gasteiger partial charge in [-0.3, -0.25) is 15.1 Å². The summed E-state index contributed by atoms with van der Waals surface area (Å²) >= 11 is 0. The summed E-state index contributed by atoms with van der Waals surface area (Å²) in [6.07, 6.45) is 1.43. The number of benzene rings is 3. The van der Waals surface area contributed by atoms with Crippen LogP contribution in [0.2, 0.25) is 0 Å². The van der Waals surface area contributed by atoms with Crippen molar-refractivity contribution < 1.29 is 15.1 Å². The van der Waals surface area contributed by atoms with E-state index in [0.29, 0.717) is 5.56 Å². The average Bonchev–Trinajstić information content (AvgIpc) is 2.55. The first-order chi connectivity index (χ1) is 11.1. The Morgan fingerprint density at radius 3 is 2.52 bits per heavy atom. The van der Waals surface area contributed by atoms with Gasteiger partial charge in [0.25, 0.3) is 5.69 Å². The Kier molecular flexibility index (Phi) is 3.64. The largest absolute Gasteiger partial charge is 0.507 e. The quantitative estimate of drug-likeness (QED) is 0.435. The summed E-state index contributed by atoms with van der Waals surface area (Å²) in [5.74, 6) is -0.232. The fourth-order valence-electron chi connectivity index (χ4n) is 2.29. The van der Waals surface area contributed by atoms with Gasteiger partial charge >= 0.3 is 0 Å². The van der Waals surface area contributed by atoms with Crippen LogP contribution in [0.25, 0.3) is 10.8 Å². The van der Waals surface area contributed by atoms with Crippen LogP contribution in [0.5, 0.6) is 11.5 Å². The molecule has 0 amide bonds. The first-order valence-corrected chi connectivity index (χ1v) is 6.78. The molecule has 0 heterocycles. The number of phenols is 2. The van der Waals surface area contributed by atoms with E-state index in [4.69, 9.17) is 0 Å². The minimum absolute atomic E-state index is 0.0638. The van der Waals surface area contributed by atoms with Gasteiger partial charge in [-0.1, -0.05) is 30.3 Å². The van der Waals surface area contributed by atoms with E-state index in [1.54, 1.807) is 12.1 Å². The van der Waals surface area contributed by atoms with E-state index in [2.05, 4.69) is 4.99 Å². The third kappa shape index (κ3) is 2.82. The third-order valence-corrected chi connectivity index (χ3v) is 3.45. The van der Waals surface area contributed by atoms with Crippen LogP contribution in [0.1, 0.15) is 5.56 Å². The highest BCUT2D eigenvalue weighted by Gasteiger charge is 2.10. The van der Waals surface area contributed by atoms with Gasteiger partial charge in [0.2, 0.25) is 0 Å². The van der Waals surface area contributed by atoms with Gasteiger partial charge in [-0.05, 0) is 22.9 Å². The number of aliphatic imine (C=N–C) groups is 1. The Hall–Kier alpha value is -3.41. The van der Waals surface area contributed by atoms with Crippen molar-refractivity contribution in [1.29, 1.82) is 0 Å². The molecule has 3 aromatic carbocycles. The zero-order chi connectivity index (χ0) is 16.4. The van der Waals surface area contributed by atoms with Crippen molar-refractivity contribution in [1.82, 2.24) is 0 Å². The molecule has 3 aromatic rings. The van der Waals surface area contributed by atoms with E-state index in [9.17, 15) is 20.3 Å². The maximum absolute atomic E-state index is 10.7. The number of aromatic hydroxyl groups is 2. The summed E-state index contributed by atoms with van der Waals surface area (Å²) in [5, 5.41) is 32.3. The summed E-state index contributed by atoms with van der Waals surface area (Å²) in [6.45, 7) is 0. The summed E-state index contributed by atoms with van der Waals surface area (Å²) < 4.78 is 0. The molecule has 0 bridgehead atoms. The van der Waals surface area contributed by atoms with E-state index < -0.39 is 4.92 Å². The molecule has 0 saturated carbocycles. The summed E-state index contributed by atoms with van der Waals surface area (Å²) in [5.41, 5.74) is 0.484. The van der Waals surface area contributed by atoms with Gasteiger partial charge in [0.15, 0.2) is 0 Å². The lowest BCUT2D eigenvalue weighted by atomic mass is 10.0. The van der Waals surface area contributed by atoms with Gasteiger partial charge in [-0.2, -0.15) is 0 Å². The Bertz CT molecular complexity index is 935. The molecule has 3 rings (SSSR count). The maximum atomic E-state index is 10.7. The number of nitro groups is 1. The predicted molar refractivity (Wildman–Crippen MR) is 87.6 cm³/mol. The van der Waals surface area contributed by atoms with Crippen LogP contribution in [0.3, 0.4) is 0 Å². The number of nitrogens with zero attached hydrogens (tertiary/aromatic N) is 2. The molecule has 23 heavy (non-hydrogen) atoms. The molecule has 114 valence electrons. The van der Waals surface area contributed by atoms with Crippen LogP contribution >= 0.6 is 0 Å². The summed E-state index contributed by atoms with van der Waals surface area (Å²) in [7, 11) is 0. The van der Waals surface area contributed by atoms with Crippen LogP contribution in [0, 0.1) is 10.1 Å². The van der Waals surface area contributed by atoms with Gasteiger partial charge in [-0.15, -0.1) is 0 Å². The topological polar surface area (TPSA) is 96.0 Å². The van der Waals surface area contributed by atoms with Gasteiger partial charge in [0.05, 0.1) is 11.0 Å². The maximum Gasteiger partial charge on any atom is 0.273 e. The van der Waals surface area contributed by atoms with Crippen LogP contribution < -0.4 is 0 Å². The first kappa shape index (κ1) is 14.5. The second-order valence-corrected chi connectivity index (χ2v) is 4.91. The zero-order valence-corrected chi connectivity index (χ0v) is 11.9. The summed E-state index contributed by atoms with van der Waals surface area (Å²) in [4.78, 5) is 14.2. The van der Waals surface area contributed by atoms with Crippen molar-refractivity contribution in [3.8, 4) is 11.5 Å². The Morgan fingerprint density at radius 2 is 1.78 bits per heavy atom. The van der Waals surface area contributed by atoms with Crippen molar-refractivity contribution in [3.63, 3.8) is 0 Å². The molecule has 2 N–H and O–H groups in total. The van der Waals surface area contributed by atoms with Crippen molar-refractivity contribution in [2.75, 3.05) is 0 Å². The Morgan fingerprint density at radius 1 is 1.00 bits per heavy atom. The van der Waals surface area contributed by atoms with E-state index in [1.807, 2.05) is 24.3 Å². The molecule has 0 radical (unpaired) electrons. The van der Waals surface area contributed by atoms with Crippen LogP contribution in [-0.2, 0) is 0 Å². The lowest BCUT2D eigenvalue weighted by molar-refractivity contribution is -0.384. The highest BCUT2D eigenvalue weighted by Crippen LogP contribution is 2.31. The van der Waals surface area contributed by atoms with Gasteiger partial charge in [0.1, 0.15) is 17.2 Å². The zero-order valence-electron chi connectivity index (χ0n) is 11.9. The molecule has 0 aromatic heterocycles.